The minimum atomic E-state index is -1.65. The molecule has 28 heavy (non-hydrogen) atoms. The molecule has 0 unspecified atom stereocenters. The molecule has 0 aliphatic carbocycles. The first-order chi connectivity index (χ1) is 13.0. The van der Waals surface area contributed by atoms with Crippen LogP contribution in [-0.4, -0.2) is 83.9 Å². The molecule has 0 aliphatic rings. The summed E-state index contributed by atoms with van der Waals surface area (Å²) in [6.07, 6.45) is -0.835. The van der Waals surface area contributed by atoms with Crippen molar-refractivity contribution < 1.29 is 43.8 Å². The third-order valence-electron chi connectivity index (χ3n) is 2.85. The van der Waals surface area contributed by atoms with E-state index in [0.717, 1.165) is 0 Å². The molecule has 0 spiro atoms. The molecule has 14 heteroatoms. The highest BCUT2D eigenvalue weighted by atomic mass is 16.4. The van der Waals surface area contributed by atoms with Crippen LogP contribution in [0.5, 0.6) is 0 Å². The first-order valence-corrected chi connectivity index (χ1v) is 7.79. The number of carbonyl (C=O) groups excluding carboxylic acids is 5. The van der Waals surface area contributed by atoms with Crippen molar-refractivity contribution in [1.82, 2.24) is 26.6 Å². The molecule has 0 bridgehead atoms. The summed E-state index contributed by atoms with van der Waals surface area (Å²) in [5.41, 5.74) is 0. The molecular weight excluding hydrogens is 382 g/mol. The number of rotatable bonds is 12. The summed E-state index contributed by atoms with van der Waals surface area (Å²) < 4.78 is 0. The molecule has 7 N–H and O–H groups in total. The number of carboxylic acids is 2. The number of aliphatic carboxylic acids is 2. The van der Waals surface area contributed by atoms with Crippen molar-refractivity contribution in [3.8, 4) is 0 Å². The van der Waals surface area contributed by atoms with E-state index in [1.165, 1.54) is 6.92 Å². The summed E-state index contributed by atoms with van der Waals surface area (Å²) in [7, 11) is 0. The van der Waals surface area contributed by atoms with Gasteiger partial charge < -0.3 is 36.8 Å². The van der Waals surface area contributed by atoms with E-state index in [1.54, 1.807) is 0 Å². The lowest BCUT2D eigenvalue weighted by Crippen LogP contribution is -2.48. The minimum Gasteiger partial charge on any atom is -0.481 e. The van der Waals surface area contributed by atoms with Gasteiger partial charge in [0.05, 0.1) is 32.6 Å². The van der Waals surface area contributed by atoms with Gasteiger partial charge in [0.1, 0.15) is 6.04 Å². The Hall–Kier alpha value is -3.71. The van der Waals surface area contributed by atoms with Gasteiger partial charge in [0.15, 0.2) is 0 Å². The maximum atomic E-state index is 11.5. The normalized spacial score (nSPS) is 10.8. The van der Waals surface area contributed by atoms with Gasteiger partial charge in [-0.3, -0.25) is 28.8 Å². The van der Waals surface area contributed by atoms with E-state index in [-0.39, 0.29) is 6.54 Å². The van der Waals surface area contributed by atoms with Gasteiger partial charge in [-0.25, -0.2) is 4.79 Å². The van der Waals surface area contributed by atoms with Crippen LogP contribution in [0.2, 0.25) is 0 Å². The number of hydrogen-bond donors (Lipinski definition) is 7. The number of carboxylic acid groups (broad SMARTS) is 2. The van der Waals surface area contributed by atoms with Crippen LogP contribution < -0.4 is 26.6 Å². The lowest BCUT2D eigenvalue weighted by atomic mass is 10.2. The Kier molecular flexibility index (Phi) is 10.9. The monoisotopic (exact) mass is 403 g/mol. The van der Waals surface area contributed by atoms with Gasteiger partial charge in [0, 0.05) is 6.92 Å². The lowest BCUT2D eigenvalue weighted by molar-refractivity contribution is -0.147. The van der Waals surface area contributed by atoms with Crippen LogP contribution in [0, 0.1) is 0 Å². The Morgan fingerprint density at radius 1 is 0.679 bits per heavy atom. The maximum absolute atomic E-state index is 11.5. The number of carbonyl (C=O) groups is 7. The Morgan fingerprint density at radius 2 is 1.07 bits per heavy atom. The van der Waals surface area contributed by atoms with Gasteiger partial charge in [-0.15, -0.1) is 0 Å². The summed E-state index contributed by atoms with van der Waals surface area (Å²) in [6.45, 7) is -0.692. The van der Waals surface area contributed by atoms with Crippen molar-refractivity contribution in [1.29, 1.82) is 0 Å². The van der Waals surface area contributed by atoms with E-state index in [4.69, 9.17) is 10.2 Å². The van der Waals surface area contributed by atoms with E-state index < -0.39 is 73.6 Å². The molecule has 0 aliphatic heterocycles. The highest BCUT2D eigenvalue weighted by molar-refractivity contribution is 5.92. The van der Waals surface area contributed by atoms with Gasteiger partial charge in [0.2, 0.25) is 29.5 Å². The number of amides is 5. The highest BCUT2D eigenvalue weighted by Crippen LogP contribution is 1.92. The fourth-order valence-corrected chi connectivity index (χ4v) is 1.55. The quantitative estimate of drug-likeness (QED) is 0.167. The zero-order valence-corrected chi connectivity index (χ0v) is 14.9. The molecule has 0 rings (SSSR count). The van der Waals surface area contributed by atoms with Gasteiger partial charge in [-0.1, -0.05) is 0 Å². The first-order valence-electron chi connectivity index (χ1n) is 7.79. The predicted octanol–water partition coefficient (Wildman–Crippen LogP) is -4.48. The van der Waals surface area contributed by atoms with Crippen molar-refractivity contribution >= 4 is 41.5 Å². The molecule has 14 nitrogen and oxygen atoms in total. The molecule has 0 saturated carbocycles. The molecule has 0 aromatic heterocycles. The first kappa shape index (κ1) is 24.3. The Balaban J connectivity index is 4.08. The zero-order chi connectivity index (χ0) is 21.7. The van der Waals surface area contributed by atoms with E-state index in [1.807, 2.05) is 5.32 Å². The third kappa shape index (κ3) is 12.6. The van der Waals surface area contributed by atoms with Crippen molar-refractivity contribution in [3.05, 3.63) is 0 Å². The van der Waals surface area contributed by atoms with E-state index >= 15 is 0 Å². The van der Waals surface area contributed by atoms with Crippen molar-refractivity contribution in [2.24, 2.45) is 0 Å². The standard InChI is InChI=1S/C14H21N5O9/c1-7(20)15-3-9(21)16-4-10(22)17-5-11(23)18-6-12(24)19-8(14(27)28)2-13(25)26/h8H,2-6H2,1H3,(H,15,20)(H,16,21)(H,17,22)(H,18,23)(H,19,24)(H,25,26)(H,27,28)/t8-/m0/s1. The number of hydrogen-bond acceptors (Lipinski definition) is 7. The summed E-state index contributed by atoms with van der Waals surface area (Å²) in [4.78, 5) is 77.7. The molecule has 0 heterocycles. The Bertz CT molecular complexity index is 649. The van der Waals surface area contributed by atoms with E-state index in [2.05, 4.69) is 21.3 Å². The fourth-order valence-electron chi connectivity index (χ4n) is 1.55. The van der Waals surface area contributed by atoms with E-state index in [9.17, 15) is 33.6 Å². The minimum absolute atomic E-state index is 0.308. The second kappa shape index (κ2) is 12.6. The SMILES string of the molecule is CC(=O)NCC(=O)NCC(=O)NCC(=O)NCC(=O)N[C@@H](CC(=O)O)C(=O)O. The van der Waals surface area contributed by atoms with E-state index in [0.29, 0.717) is 0 Å². The molecule has 0 fully saturated rings. The molecule has 5 amide bonds. The van der Waals surface area contributed by atoms with Gasteiger partial charge in [0.25, 0.3) is 0 Å². The van der Waals surface area contributed by atoms with Gasteiger partial charge in [-0.05, 0) is 0 Å². The zero-order valence-electron chi connectivity index (χ0n) is 14.9. The summed E-state index contributed by atoms with van der Waals surface area (Å²) in [6, 6.07) is -1.65. The Morgan fingerprint density at radius 3 is 1.43 bits per heavy atom. The van der Waals surface area contributed by atoms with Gasteiger partial charge >= 0.3 is 11.9 Å². The average Bonchev–Trinajstić information content (AvgIpc) is 2.60. The number of nitrogens with one attached hydrogen (secondary N) is 5. The molecule has 0 radical (unpaired) electrons. The molecular formula is C14H21N5O9. The molecule has 156 valence electrons. The molecule has 0 aromatic rings. The second-order valence-electron chi connectivity index (χ2n) is 5.30. The maximum Gasteiger partial charge on any atom is 0.326 e. The summed E-state index contributed by atoms with van der Waals surface area (Å²) in [5.74, 6) is -6.42. The third-order valence-corrected chi connectivity index (χ3v) is 2.85. The molecule has 0 aromatic carbocycles. The highest BCUT2D eigenvalue weighted by Gasteiger charge is 2.23. The van der Waals surface area contributed by atoms with Crippen LogP contribution in [0.25, 0.3) is 0 Å². The smallest absolute Gasteiger partial charge is 0.326 e. The fraction of sp³-hybridized carbons (Fsp3) is 0.500. The Labute approximate surface area is 158 Å². The van der Waals surface area contributed by atoms with Crippen LogP contribution in [0.3, 0.4) is 0 Å². The summed E-state index contributed by atoms with van der Waals surface area (Å²) in [5, 5.41) is 27.9. The van der Waals surface area contributed by atoms with Crippen molar-refractivity contribution in [2.45, 2.75) is 19.4 Å². The lowest BCUT2D eigenvalue weighted by Gasteiger charge is -2.13. The van der Waals surface area contributed by atoms with Crippen LogP contribution in [0.4, 0.5) is 0 Å². The predicted molar refractivity (Wildman–Crippen MR) is 89.5 cm³/mol. The molecule has 0 saturated heterocycles. The largest absolute Gasteiger partial charge is 0.481 e. The average molecular weight is 403 g/mol. The van der Waals surface area contributed by atoms with Crippen molar-refractivity contribution in [2.75, 3.05) is 26.2 Å². The van der Waals surface area contributed by atoms with Gasteiger partial charge in [-0.2, -0.15) is 0 Å². The molecule has 1 atom stereocenters. The second-order valence-corrected chi connectivity index (χ2v) is 5.30. The van der Waals surface area contributed by atoms with Crippen LogP contribution >= 0.6 is 0 Å². The van der Waals surface area contributed by atoms with Crippen LogP contribution in [0.1, 0.15) is 13.3 Å². The van der Waals surface area contributed by atoms with Crippen LogP contribution in [0.15, 0.2) is 0 Å². The summed E-state index contributed by atoms with van der Waals surface area (Å²) >= 11 is 0. The van der Waals surface area contributed by atoms with Crippen molar-refractivity contribution in [3.63, 3.8) is 0 Å². The van der Waals surface area contributed by atoms with Crippen LogP contribution in [-0.2, 0) is 33.6 Å². The topological polar surface area (TPSA) is 220 Å².